The fourth-order valence-electron chi connectivity index (χ4n) is 3.39. The number of nitrogens with one attached hydrogen (secondary N) is 1. The van der Waals surface area contributed by atoms with E-state index in [0.29, 0.717) is 17.9 Å². The first-order valence-corrected chi connectivity index (χ1v) is 11.6. The molecule has 0 radical (unpaired) electrons. The van der Waals surface area contributed by atoms with Gasteiger partial charge in [-0.05, 0) is 49.6 Å². The minimum Gasteiger partial charge on any atom is -0.497 e. The van der Waals surface area contributed by atoms with Crippen LogP contribution in [0.15, 0.2) is 42.5 Å². The summed E-state index contributed by atoms with van der Waals surface area (Å²) in [7, 11) is -0.595. The zero-order valence-electron chi connectivity index (χ0n) is 18.3. The van der Waals surface area contributed by atoms with Gasteiger partial charge in [-0.3, -0.25) is 9.10 Å². The number of nitrogens with zero attached hydrogens (tertiary/aromatic N) is 1. The van der Waals surface area contributed by atoms with Gasteiger partial charge in [0.25, 0.3) is 0 Å². The molecule has 0 fully saturated rings. The Kier molecular flexibility index (Phi) is 7.72. The van der Waals surface area contributed by atoms with E-state index in [1.54, 1.807) is 38.3 Å². The summed E-state index contributed by atoms with van der Waals surface area (Å²) in [4.78, 5) is 13.0. The van der Waals surface area contributed by atoms with Crippen molar-refractivity contribution in [3.8, 4) is 11.5 Å². The molecular weight excluding hydrogens is 404 g/mol. The lowest BCUT2D eigenvalue weighted by Gasteiger charge is -2.30. The van der Waals surface area contributed by atoms with Crippen LogP contribution in [-0.4, -0.2) is 40.8 Å². The number of hydrogen-bond donors (Lipinski definition) is 1. The lowest BCUT2D eigenvalue weighted by molar-refractivity contribution is -0.122. The maximum absolute atomic E-state index is 13.0. The van der Waals surface area contributed by atoms with E-state index in [1.807, 2.05) is 32.0 Å². The molecular formula is C22H30N2O5S. The average Bonchev–Trinajstić information content (AvgIpc) is 2.70. The number of sulfonamides is 1. The van der Waals surface area contributed by atoms with E-state index in [2.05, 4.69) is 5.32 Å². The van der Waals surface area contributed by atoms with Crippen LogP contribution < -0.4 is 19.1 Å². The van der Waals surface area contributed by atoms with E-state index in [4.69, 9.17) is 9.47 Å². The minimum absolute atomic E-state index is 0.253. The molecule has 1 amide bonds. The Morgan fingerprint density at radius 3 is 2.37 bits per heavy atom. The third kappa shape index (κ3) is 5.44. The Bertz CT molecular complexity index is 991. The van der Waals surface area contributed by atoms with Gasteiger partial charge in [-0.2, -0.15) is 0 Å². The molecule has 1 N–H and O–H groups in total. The van der Waals surface area contributed by atoms with E-state index in [0.717, 1.165) is 27.4 Å². The molecule has 164 valence electrons. The number of amides is 1. The molecule has 8 heteroatoms. The van der Waals surface area contributed by atoms with Crippen LogP contribution in [0.25, 0.3) is 0 Å². The first kappa shape index (κ1) is 23.5. The Labute approximate surface area is 179 Å². The molecule has 2 rings (SSSR count). The number of benzene rings is 2. The Morgan fingerprint density at radius 2 is 1.83 bits per heavy atom. The van der Waals surface area contributed by atoms with Gasteiger partial charge in [0, 0.05) is 6.07 Å². The lowest BCUT2D eigenvalue weighted by atomic mass is 10.0. The largest absolute Gasteiger partial charge is 0.497 e. The van der Waals surface area contributed by atoms with Gasteiger partial charge in [0.05, 0.1) is 32.2 Å². The second-order valence-corrected chi connectivity index (χ2v) is 8.99. The van der Waals surface area contributed by atoms with Crippen molar-refractivity contribution in [3.63, 3.8) is 0 Å². The quantitative estimate of drug-likeness (QED) is 0.654. The van der Waals surface area contributed by atoms with Crippen LogP contribution >= 0.6 is 0 Å². The number of carbonyl (C=O) groups is 1. The Balaban J connectivity index is 2.30. The summed E-state index contributed by atoms with van der Waals surface area (Å²) in [6, 6.07) is 11.2. The van der Waals surface area contributed by atoms with Crippen LogP contribution in [0.3, 0.4) is 0 Å². The molecule has 0 aliphatic carbocycles. The molecule has 0 saturated heterocycles. The summed E-state index contributed by atoms with van der Waals surface area (Å²) in [5.41, 5.74) is 2.27. The smallest absolute Gasteiger partial charge is 0.244 e. The normalized spacial score (nSPS) is 13.3. The minimum atomic E-state index is -3.71. The highest BCUT2D eigenvalue weighted by Crippen LogP contribution is 2.27. The zero-order valence-corrected chi connectivity index (χ0v) is 19.1. The highest BCUT2D eigenvalue weighted by Gasteiger charge is 2.30. The number of rotatable bonds is 9. The van der Waals surface area contributed by atoms with Crippen molar-refractivity contribution < 1.29 is 22.7 Å². The molecule has 0 saturated carbocycles. The summed E-state index contributed by atoms with van der Waals surface area (Å²) in [5.74, 6) is 0.895. The molecule has 7 nitrogen and oxygen atoms in total. The summed E-state index contributed by atoms with van der Waals surface area (Å²) in [6.07, 6.45) is 1.74. The Hall–Kier alpha value is -2.74. The predicted molar refractivity (Wildman–Crippen MR) is 119 cm³/mol. The van der Waals surface area contributed by atoms with Crippen molar-refractivity contribution in [2.75, 3.05) is 24.8 Å². The summed E-state index contributed by atoms with van der Waals surface area (Å²) >= 11 is 0. The molecule has 2 aromatic rings. The van der Waals surface area contributed by atoms with Crippen molar-refractivity contribution in [2.45, 2.75) is 39.3 Å². The number of hydrogen-bond acceptors (Lipinski definition) is 5. The molecule has 0 aromatic heterocycles. The average molecular weight is 435 g/mol. The molecule has 0 heterocycles. The van der Waals surface area contributed by atoms with Gasteiger partial charge in [0.15, 0.2) is 0 Å². The van der Waals surface area contributed by atoms with Crippen LogP contribution in [0, 0.1) is 6.92 Å². The van der Waals surface area contributed by atoms with Crippen molar-refractivity contribution in [2.24, 2.45) is 0 Å². The molecule has 30 heavy (non-hydrogen) atoms. The molecule has 0 bridgehead atoms. The van der Waals surface area contributed by atoms with Crippen LogP contribution in [0.4, 0.5) is 5.69 Å². The van der Waals surface area contributed by atoms with Gasteiger partial charge in [-0.25, -0.2) is 8.42 Å². The molecule has 0 aliphatic heterocycles. The van der Waals surface area contributed by atoms with Crippen LogP contribution in [0.2, 0.25) is 0 Å². The van der Waals surface area contributed by atoms with Crippen LogP contribution in [0.5, 0.6) is 11.5 Å². The third-order valence-corrected chi connectivity index (χ3v) is 6.18. The number of anilines is 1. The van der Waals surface area contributed by atoms with Gasteiger partial charge in [0.1, 0.15) is 17.5 Å². The summed E-state index contributed by atoms with van der Waals surface area (Å²) in [5, 5.41) is 2.98. The fraction of sp³-hybridized carbons (Fsp3) is 0.409. The number of ether oxygens (including phenoxy) is 2. The number of aryl methyl sites for hydroxylation is 1. The lowest BCUT2D eigenvalue weighted by Crippen LogP contribution is -2.48. The van der Waals surface area contributed by atoms with Crippen molar-refractivity contribution in [1.82, 2.24) is 5.32 Å². The molecule has 0 spiro atoms. The van der Waals surface area contributed by atoms with Crippen molar-refractivity contribution in [3.05, 3.63) is 53.6 Å². The van der Waals surface area contributed by atoms with E-state index < -0.39 is 16.1 Å². The molecule has 0 unspecified atom stereocenters. The van der Waals surface area contributed by atoms with E-state index in [-0.39, 0.29) is 11.9 Å². The van der Waals surface area contributed by atoms with E-state index in [1.165, 1.54) is 7.11 Å². The summed E-state index contributed by atoms with van der Waals surface area (Å²) < 4.78 is 36.6. The first-order chi connectivity index (χ1) is 14.1. The van der Waals surface area contributed by atoms with Gasteiger partial charge in [0.2, 0.25) is 15.9 Å². The number of carbonyl (C=O) groups excluding carboxylic acids is 1. The summed E-state index contributed by atoms with van der Waals surface area (Å²) in [6.45, 7) is 5.47. The van der Waals surface area contributed by atoms with E-state index in [9.17, 15) is 13.2 Å². The third-order valence-electron chi connectivity index (χ3n) is 4.94. The maximum Gasteiger partial charge on any atom is 0.244 e. The van der Waals surface area contributed by atoms with Gasteiger partial charge in [-0.1, -0.05) is 25.1 Å². The maximum atomic E-state index is 13.0. The zero-order chi connectivity index (χ0) is 22.5. The van der Waals surface area contributed by atoms with Gasteiger partial charge in [-0.15, -0.1) is 0 Å². The Morgan fingerprint density at radius 1 is 1.13 bits per heavy atom. The fourth-order valence-corrected chi connectivity index (χ4v) is 4.55. The standard InChI is InChI=1S/C22H30N2O5S/c1-7-20(17-11-12-21(29-5)15(2)13-17)23-22(25)16(3)24(30(6,26)27)18-9-8-10-19(14-18)28-4/h8-14,16,20H,7H2,1-6H3,(H,23,25)/t16-,20+/m0/s1. The second kappa shape index (κ2) is 9.84. The van der Waals surface area contributed by atoms with Crippen molar-refractivity contribution >= 4 is 21.6 Å². The highest BCUT2D eigenvalue weighted by atomic mass is 32.2. The first-order valence-electron chi connectivity index (χ1n) is 9.70. The topological polar surface area (TPSA) is 84.9 Å². The van der Waals surface area contributed by atoms with Crippen LogP contribution in [-0.2, 0) is 14.8 Å². The monoisotopic (exact) mass is 434 g/mol. The van der Waals surface area contributed by atoms with Crippen LogP contribution in [0.1, 0.15) is 37.4 Å². The van der Waals surface area contributed by atoms with Gasteiger partial charge >= 0.3 is 0 Å². The SMILES string of the molecule is CC[C@@H](NC(=O)[C@H](C)N(c1cccc(OC)c1)S(C)(=O)=O)c1ccc(OC)c(C)c1. The van der Waals surface area contributed by atoms with Crippen molar-refractivity contribution in [1.29, 1.82) is 0 Å². The van der Waals surface area contributed by atoms with Gasteiger partial charge < -0.3 is 14.8 Å². The number of methoxy groups -OCH3 is 2. The predicted octanol–water partition coefficient (Wildman–Crippen LogP) is 3.43. The van der Waals surface area contributed by atoms with E-state index >= 15 is 0 Å². The highest BCUT2D eigenvalue weighted by molar-refractivity contribution is 7.92. The molecule has 2 aromatic carbocycles. The molecule has 0 aliphatic rings. The molecule has 2 atom stereocenters. The second-order valence-electron chi connectivity index (χ2n) is 7.13.